The van der Waals surface area contributed by atoms with Gasteiger partial charge in [-0.2, -0.15) is 0 Å². The standard InChI is InChI=1S/C15H25N3O3S/c1-5-18(10-7-21-8-11(10)19)6-13(20)17-14-16-12(9-22-14)15(2,3)4/h9-11,19H,5-8H2,1-4H3,(H,16,17,20)/t10-,11-/m1/s1. The molecule has 1 aliphatic rings. The van der Waals surface area contributed by atoms with E-state index in [-0.39, 0.29) is 23.9 Å². The van der Waals surface area contributed by atoms with E-state index in [0.717, 1.165) is 5.69 Å². The molecule has 0 saturated carbocycles. The van der Waals surface area contributed by atoms with E-state index < -0.39 is 6.10 Å². The molecule has 1 aliphatic heterocycles. The molecule has 2 heterocycles. The number of nitrogens with zero attached hydrogens (tertiary/aromatic N) is 2. The first-order chi connectivity index (χ1) is 10.3. The predicted molar refractivity (Wildman–Crippen MR) is 87.3 cm³/mol. The monoisotopic (exact) mass is 327 g/mol. The summed E-state index contributed by atoms with van der Waals surface area (Å²) in [6.07, 6.45) is -0.528. The van der Waals surface area contributed by atoms with Gasteiger partial charge >= 0.3 is 0 Å². The summed E-state index contributed by atoms with van der Waals surface area (Å²) in [5, 5.41) is 15.3. The average molecular weight is 327 g/mol. The molecule has 1 aromatic heterocycles. The van der Waals surface area contributed by atoms with Gasteiger partial charge in [0.05, 0.1) is 37.6 Å². The zero-order chi connectivity index (χ0) is 16.3. The molecule has 6 nitrogen and oxygen atoms in total. The van der Waals surface area contributed by atoms with Crippen LogP contribution in [0, 0.1) is 0 Å². The van der Waals surface area contributed by atoms with E-state index >= 15 is 0 Å². The second-order valence-electron chi connectivity index (χ2n) is 6.57. The van der Waals surface area contributed by atoms with Crippen molar-refractivity contribution in [3.8, 4) is 0 Å². The van der Waals surface area contributed by atoms with Gasteiger partial charge < -0.3 is 15.2 Å². The van der Waals surface area contributed by atoms with Crippen LogP contribution in [0.15, 0.2) is 5.38 Å². The minimum atomic E-state index is -0.528. The molecule has 2 rings (SSSR count). The van der Waals surface area contributed by atoms with E-state index in [9.17, 15) is 9.90 Å². The highest BCUT2D eigenvalue weighted by Crippen LogP contribution is 2.26. The Morgan fingerprint density at radius 2 is 2.27 bits per heavy atom. The summed E-state index contributed by atoms with van der Waals surface area (Å²) in [7, 11) is 0. The summed E-state index contributed by atoms with van der Waals surface area (Å²) in [6.45, 7) is 9.96. The third-order valence-corrected chi connectivity index (χ3v) is 4.52. The predicted octanol–water partition coefficient (Wildman–Crippen LogP) is 1.46. The van der Waals surface area contributed by atoms with E-state index in [1.54, 1.807) is 0 Å². The summed E-state index contributed by atoms with van der Waals surface area (Å²) in [5.41, 5.74) is 0.944. The van der Waals surface area contributed by atoms with Gasteiger partial charge in [-0.1, -0.05) is 27.7 Å². The number of thiazole rings is 1. The fraction of sp³-hybridized carbons (Fsp3) is 0.733. The summed E-state index contributed by atoms with van der Waals surface area (Å²) in [5.74, 6) is -0.115. The molecule has 0 radical (unpaired) electrons. The van der Waals surface area contributed by atoms with Gasteiger partial charge in [-0.15, -0.1) is 11.3 Å². The first kappa shape index (κ1) is 17.3. The van der Waals surface area contributed by atoms with Gasteiger partial charge in [0.15, 0.2) is 5.13 Å². The van der Waals surface area contributed by atoms with Gasteiger partial charge in [0, 0.05) is 10.8 Å². The largest absolute Gasteiger partial charge is 0.389 e. The van der Waals surface area contributed by atoms with E-state index in [2.05, 4.69) is 31.1 Å². The number of carbonyl (C=O) groups is 1. The number of likely N-dealkylation sites (N-methyl/N-ethyl adjacent to an activating group) is 1. The fourth-order valence-electron chi connectivity index (χ4n) is 2.36. The van der Waals surface area contributed by atoms with E-state index in [1.807, 2.05) is 17.2 Å². The Bertz CT molecular complexity index is 512. The zero-order valence-corrected chi connectivity index (χ0v) is 14.4. The van der Waals surface area contributed by atoms with Crippen LogP contribution in [0.5, 0.6) is 0 Å². The number of aromatic nitrogens is 1. The van der Waals surface area contributed by atoms with Gasteiger partial charge in [-0.05, 0) is 6.54 Å². The highest BCUT2D eigenvalue weighted by atomic mass is 32.1. The molecule has 7 heteroatoms. The van der Waals surface area contributed by atoms with Crippen molar-refractivity contribution >= 4 is 22.4 Å². The van der Waals surface area contributed by atoms with Gasteiger partial charge in [-0.3, -0.25) is 9.69 Å². The molecule has 2 N–H and O–H groups in total. The van der Waals surface area contributed by atoms with Crippen molar-refractivity contribution in [2.45, 2.75) is 45.3 Å². The molecule has 0 spiro atoms. The number of anilines is 1. The normalized spacial score (nSPS) is 22.3. The van der Waals surface area contributed by atoms with Crippen molar-refractivity contribution < 1.29 is 14.6 Å². The number of aliphatic hydroxyl groups excluding tert-OH is 1. The molecule has 1 aromatic rings. The Hall–Kier alpha value is -1.02. The number of aliphatic hydroxyl groups is 1. The van der Waals surface area contributed by atoms with Crippen LogP contribution in [-0.2, 0) is 14.9 Å². The van der Waals surface area contributed by atoms with Gasteiger partial charge in [0.1, 0.15) is 0 Å². The van der Waals surface area contributed by atoms with E-state index in [4.69, 9.17) is 4.74 Å². The second kappa shape index (κ2) is 7.04. The summed E-state index contributed by atoms with van der Waals surface area (Å²) >= 11 is 1.44. The minimum absolute atomic E-state index is 0.0276. The van der Waals surface area contributed by atoms with Crippen molar-refractivity contribution in [1.82, 2.24) is 9.88 Å². The van der Waals surface area contributed by atoms with Crippen LogP contribution in [0.3, 0.4) is 0 Å². The number of nitrogens with one attached hydrogen (secondary N) is 1. The lowest BCUT2D eigenvalue weighted by molar-refractivity contribution is -0.118. The van der Waals surface area contributed by atoms with Gasteiger partial charge in [0.2, 0.25) is 5.91 Å². The lowest BCUT2D eigenvalue weighted by Gasteiger charge is -2.27. The Morgan fingerprint density at radius 1 is 1.55 bits per heavy atom. The topological polar surface area (TPSA) is 74.7 Å². The van der Waals surface area contributed by atoms with E-state index in [1.165, 1.54) is 11.3 Å². The molecular weight excluding hydrogens is 302 g/mol. The van der Waals surface area contributed by atoms with Crippen LogP contribution in [-0.4, -0.2) is 59.3 Å². The third kappa shape index (κ3) is 4.25. The number of hydrogen-bond acceptors (Lipinski definition) is 6. The third-order valence-electron chi connectivity index (χ3n) is 3.76. The van der Waals surface area contributed by atoms with Crippen molar-refractivity contribution in [3.63, 3.8) is 0 Å². The fourth-order valence-corrected chi connectivity index (χ4v) is 3.32. The minimum Gasteiger partial charge on any atom is -0.389 e. The SMILES string of the molecule is CCN(CC(=O)Nc1nc(C(C)(C)C)cs1)[C@@H]1COC[C@H]1O. The Kier molecular flexibility index (Phi) is 5.55. The number of rotatable bonds is 5. The van der Waals surface area contributed by atoms with Crippen molar-refractivity contribution in [1.29, 1.82) is 0 Å². The molecule has 124 valence electrons. The first-order valence-corrected chi connectivity index (χ1v) is 8.45. The molecular formula is C15H25N3O3S. The number of ether oxygens (including phenoxy) is 1. The molecule has 2 atom stereocenters. The molecule has 0 bridgehead atoms. The van der Waals surface area contributed by atoms with Gasteiger partial charge in [-0.25, -0.2) is 4.98 Å². The second-order valence-corrected chi connectivity index (χ2v) is 7.43. The smallest absolute Gasteiger partial charge is 0.240 e. The van der Waals surface area contributed by atoms with Crippen molar-refractivity contribution in [2.75, 3.05) is 31.6 Å². The van der Waals surface area contributed by atoms with Crippen LogP contribution in [0.1, 0.15) is 33.4 Å². The lowest BCUT2D eigenvalue weighted by Crippen LogP contribution is -2.46. The summed E-state index contributed by atoms with van der Waals surface area (Å²) < 4.78 is 5.26. The molecule has 1 fully saturated rings. The average Bonchev–Trinajstić information content (AvgIpc) is 3.04. The molecule has 1 amide bonds. The molecule has 0 aliphatic carbocycles. The number of hydrogen-bond donors (Lipinski definition) is 2. The van der Waals surface area contributed by atoms with Crippen molar-refractivity contribution in [2.24, 2.45) is 0 Å². The molecule has 0 aromatic carbocycles. The molecule has 22 heavy (non-hydrogen) atoms. The van der Waals surface area contributed by atoms with Crippen LogP contribution in [0.2, 0.25) is 0 Å². The van der Waals surface area contributed by atoms with E-state index in [0.29, 0.717) is 24.9 Å². The Labute approximate surface area is 135 Å². The first-order valence-electron chi connectivity index (χ1n) is 7.57. The maximum absolute atomic E-state index is 12.2. The lowest BCUT2D eigenvalue weighted by atomic mass is 9.93. The number of carbonyl (C=O) groups excluding carboxylic acids is 1. The zero-order valence-electron chi connectivity index (χ0n) is 13.6. The van der Waals surface area contributed by atoms with Crippen molar-refractivity contribution in [3.05, 3.63) is 11.1 Å². The van der Waals surface area contributed by atoms with Crippen LogP contribution in [0.4, 0.5) is 5.13 Å². The Morgan fingerprint density at radius 3 is 2.77 bits per heavy atom. The molecule has 0 unspecified atom stereocenters. The highest BCUT2D eigenvalue weighted by molar-refractivity contribution is 7.13. The maximum atomic E-state index is 12.2. The van der Waals surface area contributed by atoms with Crippen LogP contribution < -0.4 is 5.32 Å². The number of amides is 1. The Balaban J connectivity index is 1.93. The van der Waals surface area contributed by atoms with Gasteiger partial charge in [0.25, 0.3) is 0 Å². The summed E-state index contributed by atoms with van der Waals surface area (Å²) in [4.78, 5) is 18.6. The summed E-state index contributed by atoms with van der Waals surface area (Å²) in [6, 6.07) is -0.114. The highest BCUT2D eigenvalue weighted by Gasteiger charge is 2.32. The van der Waals surface area contributed by atoms with Crippen LogP contribution in [0.25, 0.3) is 0 Å². The van der Waals surface area contributed by atoms with Crippen LogP contribution >= 0.6 is 11.3 Å². The quantitative estimate of drug-likeness (QED) is 0.856. The maximum Gasteiger partial charge on any atom is 0.240 e. The molecule has 1 saturated heterocycles.